The standard InChI is InChI=1S/C28H27FN4O2/c1-18-6-7-31-23(12-18)17-33-10-11-35-27-25(24-5-4-22(29)13-19(24)2)14-21(15-26(27)28(33)34)16-32-9-8-30-20(32)3/h4-9,12-15H,10-11,16-17H2,1-3H3. The molecule has 2 aromatic heterocycles. The van der Waals surface area contributed by atoms with Gasteiger partial charge in [0.1, 0.15) is 24.0 Å². The number of amides is 1. The van der Waals surface area contributed by atoms with Gasteiger partial charge >= 0.3 is 0 Å². The molecule has 1 aliphatic rings. The molecule has 6 nitrogen and oxygen atoms in total. The first kappa shape index (κ1) is 22.8. The molecule has 1 aliphatic heterocycles. The molecule has 3 heterocycles. The highest BCUT2D eigenvalue weighted by molar-refractivity contribution is 6.00. The van der Waals surface area contributed by atoms with E-state index >= 15 is 0 Å². The smallest absolute Gasteiger partial charge is 0.258 e. The van der Waals surface area contributed by atoms with Crippen LogP contribution in [-0.2, 0) is 13.1 Å². The fourth-order valence-electron chi connectivity index (χ4n) is 4.55. The third kappa shape index (κ3) is 4.67. The van der Waals surface area contributed by atoms with Gasteiger partial charge in [-0.25, -0.2) is 9.37 Å². The zero-order chi connectivity index (χ0) is 24.5. The molecule has 0 saturated carbocycles. The zero-order valence-corrected chi connectivity index (χ0v) is 20.1. The summed E-state index contributed by atoms with van der Waals surface area (Å²) in [6.45, 7) is 7.58. The van der Waals surface area contributed by atoms with Crippen LogP contribution in [0.1, 0.15) is 38.6 Å². The summed E-state index contributed by atoms with van der Waals surface area (Å²) in [4.78, 5) is 24.3. The minimum absolute atomic E-state index is 0.106. The minimum Gasteiger partial charge on any atom is -0.490 e. The first-order valence-corrected chi connectivity index (χ1v) is 11.6. The second-order valence-corrected chi connectivity index (χ2v) is 8.98. The van der Waals surface area contributed by atoms with E-state index in [9.17, 15) is 9.18 Å². The SMILES string of the molecule is Cc1ccnc(CN2CCOc3c(cc(Cn4ccnc4C)cc3-c3ccc(F)cc3C)C2=O)c1. The number of benzene rings is 2. The Bertz CT molecular complexity index is 1410. The van der Waals surface area contributed by atoms with Gasteiger partial charge in [0, 0.05) is 30.7 Å². The number of ether oxygens (including phenoxy) is 1. The highest BCUT2D eigenvalue weighted by atomic mass is 19.1. The Morgan fingerprint density at radius 3 is 2.51 bits per heavy atom. The number of imidazole rings is 1. The van der Waals surface area contributed by atoms with E-state index < -0.39 is 0 Å². The molecular formula is C28H27FN4O2. The van der Waals surface area contributed by atoms with Crippen LogP contribution in [0.4, 0.5) is 4.39 Å². The summed E-state index contributed by atoms with van der Waals surface area (Å²) in [5.74, 6) is 1.02. The van der Waals surface area contributed by atoms with Crippen molar-refractivity contribution in [2.24, 2.45) is 0 Å². The number of carbonyl (C=O) groups is 1. The van der Waals surface area contributed by atoms with Gasteiger partial charge in [0.15, 0.2) is 0 Å². The number of halogens is 1. The van der Waals surface area contributed by atoms with Crippen molar-refractivity contribution in [1.82, 2.24) is 19.4 Å². The molecule has 4 aromatic rings. The lowest BCUT2D eigenvalue weighted by atomic mass is 9.94. The van der Waals surface area contributed by atoms with E-state index in [4.69, 9.17) is 4.74 Å². The van der Waals surface area contributed by atoms with Crippen LogP contribution in [0.3, 0.4) is 0 Å². The van der Waals surface area contributed by atoms with Crippen LogP contribution in [0.15, 0.2) is 61.1 Å². The molecule has 178 valence electrons. The highest BCUT2D eigenvalue weighted by Crippen LogP contribution is 2.38. The number of aromatic nitrogens is 3. The molecule has 0 bridgehead atoms. The molecule has 0 atom stereocenters. The van der Waals surface area contributed by atoms with E-state index in [1.54, 1.807) is 23.4 Å². The van der Waals surface area contributed by atoms with Crippen molar-refractivity contribution in [1.29, 1.82) is 0 Å². The summed E-state index contributed by atoms with van der Waals surface area (Å²) in [6, 6.07) is 12.6. The van der Waals surface area contributed by atoms with Crippen molar-refractivity contribution < 1.29 is 13.9 Å². The monoisotopic (exact) mass is 470 g/mol. The second kappa shape index (κ2) is 9.33. The Morgan fingerprint density at radius 1 is 0.943 bits per heavy atom. The summed E-state index contributed by atoms with van der Waals surface area (Å²) < 4.78 is 22.1. The normalized spacial score (nSPS) is 13.4. The number of aryl methyl sites for hydroxylation is 3. The Morgan fingerprint density at radius 2 is 1.77 bits per heavy atom. The minimum atomic E-state index is -0.295. The number of carbonyl (C=O) groups excluding carboxylic acids is 1. The fraction of sp³-hybridized carbons (Fsp3) is 0.250. The molecule has 0 N–H and O–H groups in total. The molecule has 0 saturated heterocycles. The largest absolute Gasteiger partial charge is 0.490 e. The molecule has 1 amide bonds. The maximum Gasteiger partial charge on any atom is 0.258 e. The molecule has 35 heavy (non-hydrogen) atoms. The molecule has 5 rings (SSSR count). The van der Waals surface area contributed by atoms with Crippen molar-refractivity contribution in [2.75, 3.05) is 13.2 Å². The number of fused-ring (bicyclic) bond motifs is 1. The first-order chi connectivity index (χ1) is 16.9. The Kier molecular flexibility index (Phi) is 6.07. The number of hydrogen-bond acceptors (Lipinski definition) is 4. The second-order valence-electron chi connectivity index (χ2n) is 8.98. The number of hydrogen-bond donors (Lipinski definition) is 0. The van der Waals surface area contributed by atoms with Gasteiger partial charge < -0.3 is 14.2 Å². The van der Waals surface area contributed by atoms with Crippen molar-refractivity contribution in [3.63, 3.8) is 0 Å². The highest BCUT2D eigenvalue weighted by Gasteiger charge is 2.28. The van der Waals surface area contributed by atoms with Gasteiger partial charge in [0.25, 0.3) is 5.91 Å². The number of nitrogens with zero attached hydrogens (tertiary/aromatic N) is 4. The lowest BCUT2D eigenvalue weighted by Gasteiger charge is -2.20. The predicted octanol–water partition coefficient (Wildman–Crippen LogP) is 5.09. The summed E-state index contributed by atoms with van der Waals surface area (Å²) >= 11 is 0. The summed E-state index contributed by atoms with van der Waals surface area (Å²) in [5, 5.41) is 0. The van der Waals surface area contributed by atoms with Crippen LogP contribution < -0.4 is 4.74 Å². The van der Waals surface area contributed by atoms with Crippen LogP contribution in [0.5, 0.6) is 5.75 Å². The van der Waals surface area contributed by atoms with Gasteiger partial charge in [0.2, 0.25) is 0 Å². The molecule has 7 heteroatoms. The van der Waals surface area contributed by atoms with E-state index in [-0.39, 0.29) is 11.7 Å². The number of rotatable bonds is 5. The topological polar surface area (TPSA) is 60.3 Å². The predicted molar refractivity (Wildman–Crippen MR) is 132 cm³/mol. The third-order valence-electron chi connectivity index (χ3n) is 6.35. The van der Waals surface area contributed by atoms with Gasteiger partial charge in [-0.1, -0.05) is 6.07 Å². The average molecular weight is 471 g/mol. The molecule has 0 radical (unpaired) electrons. The van der Waals surface area contributed by atoms with Crippen molar-refractivity contribution in [3.05, 3.63) is 101 Å². The average Bonchev–Trinajstić information content (AvgIpc) is 3.15. The van der Waals surface area contributed by atoms with Gasteiger partial charge in [0.05, 0.1) is 24.3 Å². The molecular weight excluding hydrogens is 443 g/mol. The van der Waals surface area contributed by atoms with E-state index in [1.807, 2.05) is 55.8 Å². The Labute approximate surface area is 204 Å². The van der Waals surface area contributed by atoms with Gasteiger partial charge in [-0.2, -0.15) is 0 Å². The van der Waals surface area contributed by atoms with Gasteiger partial charge in [-0.05, 0) is 79.4 Å². The van der Waals surface area contributed by atoms with Crippen molar-refractivity contribution >= 4 is 5.91 Å². The molecule has 0 spiro atoms. The van der Waals surface area contributed by atoms with Gasteiger partial charge in [-0.3, -0.25) is 9.78 Å². The zero-order valence-electron chi connectivity index (χ0n) is 20.1. The van der Waals surface area contributed by atoms with Gasteiger partial charge in [-0.15, -0.1) is 0 Å². The Hall–Kier alpha value is -4.00. The van der Waals surface area contributed by atoms with E-state index in [0.717, 1.165) is 39.3 Å². The van der Waals surface area contributed by atoms with Crippen LogP contribution in [0, 0.1) is 26.6 Å². The van der Waals surface area contributed by atoms with Crippen LogP contribution >= 0.6 is 0 Å². The molecule has 2 aromatic carbocycles. The van der Waals surface area contributed by atoms with Crippen molar-refractivity contribution in [2.45, 2.75) is 33.9 Å². The summed E-state index contributed by atoms with van der Waals surface area (Å²) in [7, 11) is 0. The molecule has 0 aliphatic carbocycles. The number of pyridine rings is 1. The summed E-state index contributed by atoms with van der Waals surface area (Å²) in [5.41, 5.74) is 5.79. The third-order valence-corrected chi connectivity index (χ3v) is 6.35. The fourth-order valence-corrected chi connectivity index (χ4v) is 4.55. The maximum absolute atomic E-state index is 13.9. The first-order valence-electron chi connectivity index (χ1n) is 11.6. The molecule has 0 unspecified atom stereocenters. The molecule has 0 fully saturated rings. The Balaban J connectivity index is 1.61. The van der Waals surface area contributed by atoms with E-state index in [2.05, 4.69) is 9.97 Å². The van der Waals surface area contributed by atoms with Crippen LogP contribution in [0.2, 0.25) is 0 Å². The quantitative estimate of drug-likeness (QED) is 0.408. The van der Waals surface area contributed by atoms with Crippen LogP contribution in [0.25, 0.3) is 11.1 Å². The maximum atomic E-state index is 13.9. The summed E-state index contributed by atoms with van der Waals surface area (Å²) in [6.07, 6.45) is 5.44. The van der Waals surface area contributed by atoms with Crippen LogP contribution in [-0.4, -0.2) is 38.5 Å². The van der Waals surface area contributed by atoms with E-state index in [0.29, 0.717) is 37.6 Å². The lowest BCUT2D eigenvalue weighted by molar-refractivity contribution is 0.0740. The van der Waals surface area contributed by atoms with E-state index in [1.165, 1.54) is 12.1 Å². The van der Waals surface area contributed by atoms with Crippen molar-refractivity contribution in [3.8, 4) is 16.9 Å². The lowest BCUT2D eigenvalue weighted by Crippen LogP contribution is -2.32.